The van der Waals surface area contributed by atoms with Crippen molar-refractivity contribution in [1.82, 2.24) is 16.0 Å². The molecular formula is C20H44BrN3. The summed E-state index contributed by atoms with van der Waals surface area (Å²) in [4.78, 5) is 4.66. The topological polar surface area (TPSA) is 41.5 Å². The van der Waals surface area contributed by atoms with Crippen molar-refractivity contribution in [1.29, 1.82) is 0 Å². The molecule has 0 saturated heterocycles. The van der Waals surface area contributed by atoms with Gasteiger partial charge in [0.2, 0.25) is 0 Å². The molecule has 0 aromatic rings. The quantitative estimate of drug-likeness (QED) is 0.301. The molecule has 1 aliphatic rings. The van der Waals surface area contributed by atoms with E-state index in [9.17, 15) is 0 Å². The van der Waals surface area contributed by atoms with E-state index in [2.05, 4.69) is 36.2 Å². The van der Waals surface area contributed by atoms with E-state index in [0.29, 0.717) is 0 Å². The number of unbranched alkanes of at least 4 members (excludes halogenated alkanes) is 13. The van der Waals surface area contributed by atoms with Crippen LogP contribution in [0.5, 0.6) is 0 Å². The van der Waals surface area contributed by atoms with Gasteiger partial charge in [-0.05, 0) is 6.42 Å². The molecule has 1 heterocycles. The number of halogens is 1. The minimum atomic E-state index is 0. The van der Waals surface area contributed by atoms with Crippen molar-refractivity contribution in [3.63, 3.8) is 0 Å². The Bertz CT molecular complexity index is 272. The molecule has 0 aliphatic carbocycles. The maximum Gasteiger partial charge on any atom is 0.0890 e. The number of hydrogen-bond acceptors (Lipinski definition) is 3. The molecule has 0 atom stereocenters. The zero-order valence-electron chi connectivity index (χ0n) is 16.5. The summed E-state index contributed by atoms with van der Waals surface area (Å²) in [6.07, 6.45) is 24.6. The Hall–Kier alpha value is -0.220. The SMILES string of the molecule is Br.CCCCCCCCCCCCCCCCN1C=CN(C)C1.N. The molecule has 0 amide bonds. The minimum Gasteiger partial charge on any atom is -0.362 e. The molecular weight excluding hydrogens is 362 g/mol. The summed E-state index contributed by atoms with van der Waals surface area (Å²) < 4.78 is 0. The third-order valence-corrected chi connectivity index (χ3v) is 4.74. The molecule has 0 aromatic carbocycles. The van der Waals surface area contributed by atoms with Crippen LogP contribution in [0.15, 0.2) is 12.4 Å². The Morgan fingerprint density at radius 2 is 1.08 bits per heavy atom. The van der Waals surface area contributed by atoms with Crippen molar-refractivity contribution in [2.75, 3.05) is 20.3 Å². The summed E-state index contributed by atoms with van der Waals surface area (Å²) in [7, 11) is 2.14. The van der Waals surface area contributed by atoms with Crippen molar-refractivity contribution in [2.24, 2.45) is 0 Å². The van der Waals surface area contributed by atoms with E-state index in [1.54, 1.807) is 0 Å². The summed E-state index contributed by atoms with van der Waals surface area (Å²) >= 11 is 0. The minimum absolute atomic E-state index is 0. The van der Waals surface area contributed by atoms with E-state index in [0.717, 1.165) is 6.67 Å². The van der Waals surface area contributed by atoms with E-state index >= 15 is 0 Å². The Kier molecular flexibility index (Phi) is 20.7. The van der Waals surface area contributed by atoms with Crippen molar-refractivity contribution >= 4 is 17.0 Å². The Balaban J connectivity index is 0. The van der Waals surface area contributed by atoms with Gasteiger partial charge in [0.25, 0.3) is 0 Å². The number of hydrogen-bond donors (Lipinski definition) is 1. The molecule has 0 unspecified atom stereocenters. The van der Waals surface area contributed by atoms with Crippen LogP contribution in [0, 0.1) is 0 Å². The monoisotopic (exact) mass is 405 g/mol. The van der Waals surface area contributed by atoms with E-state index < -0.39 is 0 Å². The van der Waals surface area contributed by atoms with Crippen LogP contribution in [-0.4, -0.2) is 30.1 Å². The maximum atomic E-state index is 2.42. The van der Waals surface area contributed by atoms with Gasteiger partial charge in [-0.2, -0.15) is 0 Å². The second-order valence-electron chi connectivity index (χ2n) is 7.11. The predicted octanol–water partition coefficient (Wildman–Crippen LogP) is 6.88. The van der Waals surface area contributed by atoms with Gasteiger partial charge in [-0.15, -0.1) is 17.0 Å². The summed E-state index contributed by atoms with van der Waals surface area (Å²) in [5.41, 5.74) is 0. The first-order valence-corrected chi connectivity index (χ1v) is 9.95. The van der Waals surface area contributed by atoms with E-state index in [-0.39, 0.29) is 23.1 Å². The Morgan fingerprint density at radius 1 is 0.667 bits per heavy atom. The lowest BCUT2D eigenvalue weighted by molar-refractivity contribution is 0.290. The van der Waals surface area contributed by atoms with Crippen LogP contribution in [0.1, 0.15) is 96.8 Å². The van der Waals surface area contributed by atoms with Gasteiger partial charge in [0.15, 0.2) is 0 Å². The fraction of sp³-hybridized carbons (Fsp3) is 0.900. The van der Waals surface area contributed by atoms with E-state index in [1.165, 1.54) is 96.4 Å². The molecule has 146 valence electrons. The van der Waals surface area contributed by atoms with Gasteiger partial charge in [0, 0.05) is 26.0 Å². The first-order valence-electron chi connectivity index (χ1n) is 9.95. The van der Waals surface area contributed by atoms with Gasteiger partial charge in [0.05, 0.1) is 6.67 Å². The van der Waals surface area contributed by atoms with Crippen LogP contribution in [0.3, 0.4) is 0 Å². The third-order valence-electron chi connectivity index (χ3n) is 4.74. The lowest BCUT2D eigenvalue weighted by Crippen LogP contribution is -2.23. The lowest BCUT2D eigenvalue weighted by Gasteiger charge is -2.17. The van der Waals surface area contributed by atoms with Gasteiger partial charge in [0.1, 0.15) is 0 Å². The van der Waals surface area contributed by atoms with Crippen LogP contribution in [-0.2, 0) is 0 Å². The molecule has 0 spiro atoms. The Labute approximate surface area is 162 Å². The molecule has 0 fully saturated rings. The van der Waals surface area contributed by atoms with Crippen LogP contribution < -0.4 is 6.15 Å². The summed E-state index contributed by atoms with van der Waals surface area (Å²) in [6.45, 7) is 4.61. The van der Waals surface area contributed by atoms with Gasteiger partial charge in [-0.3, -0.25) is 0 Å². The smallest absolute Gasteiger partial charge is 0.0890 e. The number of rotatable bonds is 15. The first-order chi connectivity index (χ1) is 10.8. The molecule has 0 bridgehead atoms. The first kappa shape index (κ1) is 26.0. The van der Waals surface area contributed by atoms with Crippen LogP contribution in [0.4, 0.5) is 0 Å². The maximum absolute atomic E-state index is 2.42. The molecule has 0 radical (unpaired) electrons. The standard InChI is InChI=1S/C20H40N2.BrH.H3N/c1-3-4-5-6-7-8-9-10-11-12-13-14-15-16-17-22-19-18-21(2)20-22;;/h18-19H,3-17,20H2,1-2H3;1H;1H3. The highest BCUT2D eigenvalue weighted by molar-refractivity contribution is 8.93. The highest BCUT2D eigenvalue weighted by atomic mass is 79.9. The van der Waals surface area contributed by atoms with Crippen LogP contribution in [0.25, 0.3) is 0 Å². The molecule has 24 heavy (non-hydrogen) atoms. The third kappa shape index (κ3) is 15.3. The molecule has 4 heteroatoms. The van der Waals surface area contributed by atoms with Crippen LogP contribution in [0.2, 0.25) is 0 Å². The number of nitrogens with zero attached hydrogens (tertiary/aromatic N) is 2. The Morgan fingerprint density at radius 3 is 1.46 bits per heavy atom. The fourth-order valence-corrected chi connectivity index (χ4v) is 3.24. The van der Waals surface area contributed by atoms with E-state index in [4.69, 9.17) is 0 Å². The summed E-state index contributed by atoms with van der Waals surface area (Å²) in [5.74, 6) is 0. The second-order valence-corrected chi connectivity index (χ2v) is 7.11. The average Bonchev–Trinajstić information content (AvgIpc) is 2.93. The molecule has 0 saturated carbocycles. The van der Waals surface area contributed by atoms with Gasteiger partial charge in [-0.1, -0.05) is 90.4 Å². The average molecular weight is 406 g/mol. The second kappa shape index (κ2) is 19.1. The van der Waals surface area contributed by atoms with Crippen LogP contribution >= 0.6 is 17.0 Å². The van der Waals surface area contributed by atoms with Gasteiger partial charge >= 0.3 is 0 Å². The van der Waals surface area contributed by atoms with Crippen molar-refractivity contribution in [3.05, 3.63) is 12.4 Å². The molecule has 1 rings (SSSR count). The molecule has 3 N–H and O–H groups in total. The zero-order valence-corrected chi connectivity index (χ0v) is 18.2. The van der Waals surface area contributed by atoms with Crippen molar-refractivity contribution in [2.45, 2.75) is 96.8 Å². The summed E-state index contributed by atoms with van der Waals surface area (Å²) in [6, 6.07) is 0. The van der Waals surface area contributed by atoms with Gasteiger partial charge < -0.3 is 16.0 Å². The van der Waals surface area contributed by atoms with Crippen molar-refractivity contribution < 1.29 is 0 Å². The van der Waals surface area contributed by atoms with Crippen molar-refractivity contribution in [3.8, 4) is 0 Å². The van der Waals surface area contributed by atoms with E-state index in [1.807, 2.05) is 0 Å². The highest BCUT2D eigenvalue weighted by Crippen LogP contribution is 2.13. The largest absolute Gasteiger partial charge is 0.362 e. The highest BCUT2D eigenvalue weighted by Gasteiger charge is 2.06. The molecule has 1 aliphatic heterocycles. The normalized spacial score (nSPS) is 13.1. The molecule has 0 aromatic heterocycles. The zero-order chi connectivity index (χ0) is 15.9. The fourth-order valence-electron chi connectivity index (χ4n) is 3.24. The predicted molar refractivity (Wildman–Crippen MR) is 114 cm³/mol. The summed E-state index contributed by atoms with van der Waals surface area (Å²) in [5, 5.41) is 0. The molecule has 3 nitrogen and oxygen atoms in total. The lowest BCUT2D eigenvalue weighted by atomic mass is 10.0. The van der Waals surface area contributed by atoms with Gasteiger partial charge in [-0.25, -0.2) is 0 Å².